The summed E-state index contributed by atoms with van der Waals surface area (Å²) in [5.74, 6) is -0.568. The number of ether oxygens (including phenoxy) is 3. The van der Waals surface area contributed by atoms with Crippen LogP contribution in [0.15, 0.2) is 30.6 Å². The summed E-state index contributed by atoms with van der Waals surface area (Å²) in [6.45, 7) is 0. The summed E-state index contributed by atoms with van der Waals surface area (Å²) in [5, 5.41) is 3.28. The third-order valence-electron chi connectivity index (χ3n) is 3.64. The number of rotatable bonds is 5. The van der Waals surface area contributed by atoms with Gasteiger partial charge in [-0.25, -0.2) is 18.7 Å². The number of methoxy groups -OCH3 is 3. The second-order valence-corrected chi connectivity index (χ2v) is 4.99. The normalized spacial score (nSPS) is 10.6. The predicted octanol–water partition coefficient (Wildman–Crippen LogP) is 3.68. The zero-order valence-electron chi connectivity index (χ0n) is 13.8. The van der Waals surface area contributed by atoms with Crippen molar-refractivity contribution in [3.8, 4) is 17.2 Å². The molecule has 8 heteroatoms. The molecule has 0 radical (unpaired) electrons. The summed E-state index contributed by atoms with van der Waals surface area (Å²) in [7, 11) is 4.43. The molecule has 0 unspecified atom stereocenters. The SMILES string of the molecule is COc1cc2c(Nc3cccc(F)c3F)ncnc2c(OC)c1OC. The van der Waals surface area contributed by atoms with Gasteiger partial charge < -0.3 is 19.5 Å². The van der Waals surface area contributed by atoms with Gasteiger partial charge in [0.25, 0.3) is 0 Å². The van der Waals surface area contributed by atoms with E-state index in [1.807, 2.05) is 0 Å². The molecule has 0 saturated carbocycles. The summed E-state index contributed by atoms with van der Waals surface area (Å²) in [4.78, 5) is 8.31. The molecule has 3 aromatic rings. The van der Waals surface area contributed by atoms with Crippen molar-refractivity contribution >= 4 is 22.4 Å². The second kappa shape index (κ2) is 6.76. The van der Waals surface area contributed by atoms with E-state index in [1.165, 1.54) is 39.8 Å². The van der Waals surface area contributed by atoms with E-state index in [0.29, 0.717) is 28.2 Å². The van der Waals surface area contributed by atoms with Gasteiger partial charge in [-0.15, -0.1) is 0 Å². The lowest BCUT2D eigenvalue weighted by Gasteiger charge is -2.16. The Morgan fingerprint density at radius 1 is 0.960 bits per heavy atom. The van der Waals surface area contributed by atoms with Gasteiger partial charge in [0, 0.05) is 0 Å². The predicted molar refractivity (Wildman–Crippen MR) is 88.8 cm³/mol. The maximum absolute atomic E-state index is 13.9. The number of halogens is 2. The van der Waals surface area contributed by atoms with Gasteiger partial charge >= 0.3 is 0 Å². The first-order valence-electron chi connectivity index (χ1n) is 7.25. The molecule has 6 nitrogen and oxygen atoms in total. The highest BCUT2D eigenvalue weighted by atomic mass is 19.2. The molecule has 0 aliphatic heterocycles. The van der Waals surface area contributed by atoms with E-state index in [4.69, 9.17) is 14.2 Å². The van der Waals surface area contributed by atoms with E-state index in [-0.39, 0.29) is 11.5 Å². The molecule has 2 aromatic carbocycles. The van der Waals surface area contributed by atoms with Crippen LogP contribution in [0.5, 0.6) is 17.2 Å². The van der Waals surface area contributed by atoms with Crippen LogP contribution in [-0.4, -0.2) is 31.3 Å². The van der Waals surface area contributed by atoms with E-state index in [1.54, 1.807) is 6.07 Å². The Balaban J connectivity index is 2.21. The van der Waals surface area contributed by atoms with Crippen molar-refractivity contribution in [2.75, 3.05) is 26.6 Å². The van der Waals surface area contributed by atoms with Crippen LogP contribution in [0.4, 0.5) is 20.3 Å². The lowest BCUT2D eigenvalue weighted by Crippen LogP contribution is -2.02. The fourth-order valence-corrected chi connectivity index (χ4v) is 2.49. The molecule has 1 aromatic heterocycles. The Kier molecular flexibility index (Phi) is 4.51. The largest absolute Gasteiger partial charge is 0.493 e. The zero-order valence-corrected chi connectivity index (χ0v) is 13.8. The first-order valence-corrected chi connectivity index (χ1v) is 7.25. The highest BCUT2D eigenvalue weighted by molar-refractivity contribution is 5.97. The van der Waals surface area contributed by atoms with Crippen LogP contribution in [0.25, 0.3) is 10.9 Å². The molecule has 1 N–H and O–H groups in total. The minimum Gasteiger partial charge on any atom is -0.493 e. The second-order valence-electron chi connectivity index (χ2n) is 4.99. The monoisotopic (exact) mass is 347 g/mol. The topological polar surface area (TPSA) is 65.5 Å². The van der Waals surface area contributed by atoms with Crippen LogP contribution in [0.2, 0.25) is 0 Å². The smallest absolute Gasteiger partial charge is 0.205 e. The first-order chi connectivity index (χ1) is 12.1. The lowest BCUT2D eigenvalue weighted by molar-refractivity contribution is 0.327. The minimum atomic E-state index is -0.998. The van der Waals surface area contributed by atoms with E-state index in [0.717, 1.165) is 6.07 Å². The molecule has 0 aliphatic carbocycles. The standard InChI is InChI=1S/C17H15F2N3O3/c1-23-12-7-9-14(16(25-3)15(12)24-2)20-8-21-17(9)22-11-6-4-5-10(18)13(11)19/h4-8H,1-3H3,(H,20,21,22). The fourth-order valence-electron chi connectivity index (χ4n) is 2.49. The maximum Gasteiger partial charge on any atom is 0.205 e. The number of benzene rings is 2. The minimum absolute atomic E-state index is 0.0475. The van der Waals surface area contributed by atoms with Gasteiger partial charge in [0.2, 0.25) is 5.75 Å². The van der Waals surface area contributed by atoms with Crippen LogP contribution < -0.4 is 19.5 Å². The number of nitrogens with zero attached hydrogens (tertiary/aromatic N) is 2. The Hall–Kier alpha value is -3.16. The lowest BCUT2D eigenvalue weighted by atomic mass is 10.1. The number of nitrogens with one attached hydrogen (secondary N) is 1. The molecule has 25 heavy (non-hydrogen) atoms. The molecule has 130 valence electrons. The van der Waals surface area contributed by atoms with Crippen molar-refractivity contribution in [3.05, 3.63) is 42.2 Å². The molecule has 0 bridgehead atoms. The summed E-state index contributed by atoms with van der Waals surface area (Å²) < 4.78 is 43.4. The third kappa shape index (κ3) is 2.86. The number of aromatic nitrogens is 2. The van der Waals surface area contributed by atoms with Crippen LogP contribution in [-0.2, 0) is 0 Å². The quantitative estimate of drug-likeness (QED) is 0.760. The Bertz CT molecular complexity index is 935. The Labute approximate surface area is 142 Å². The summed E-state index contributed by atoms with van der Waals surface area (Å²) >= 11 is 0. The van der Waals surface area contributed by atoms with Gasteiger partial charge in [0.15, 0.2) is 23.1 Å². The molecule has 0 fully saturated rings. The first kappa shape index (κ1) is 16.7. The number of hydrogen-bond acceptors (Lipinski definition) is 6. The molecule has 0 aliphatic rings. The average molecular weight is 347 g/mol. The molecular weight excluding hydrogens is 332 g/mol. The maximum atomic E-state index is 13.9. The van der Waals surface area contributed by atoms with Gasteiger partial charge in [-0.3, -0.25) is 0 Å². The van der Waals surface area contributed by atoms with Crippen LogP contribution in [0, 0.1) is 11.6 Å². The zero-order chi connectivity index (χ0) is 18.0. The molecule has 0 amide bonds. The fraction of sp³-hybridized carbons (Fsp3) is 0.176. The highest BCUT2D eigenvalue weighted by Crippen LogP contribution is 2.44. The molecule has 0 atom stereocenters. The number of hydrogen-bond donors (Lipinski definition) is 1. The average Bonchev–Trinajstić information content (AvgIpc) is 2.63. The third-order valence-corrected chi connectivity index (χ3v) is 3.64. The van der Waals surface area contributed by atoms with Gasteiger partial charge in [-0.1, -0.05) is 6.07 Å². The number of fused-ring (bicyclic) bond motifs is 1. The summed E-state index contributed by atoms with van der Waals surface area (Å²) in [6, 6.07) is 5.48. The van der Waals surface area contributed by atoms with Crippen molar-refractivity contribution in [2.45, 2.75) is 0 Å². The van der Waals surface area contributed by atoms with E-state index >= 15 is 0 Å². The van der Waals surface area contributed by atoms with Gasteiger partial charge in [0.05, 0.1) is 32.4 Å². The molecule has 0 saturated heterocycles. The van der Waals surface area contributed by atoms with Crippen molar-refractivity contribution in [1.29, 1.82) is 0 Å². The molecule has 1 heterocycles. The van der Waals surface area contributed by atoms with Gasteiger partial charge in [-0.2, -0.15) is 0 Å². The van der Waals surface area contributed by atoms with E-state index < -0.39 is 11.6 Å². The van der Waals surface area contributed by atoms with E-state index in [9.17, 15) is 8.78 Å². The van der Waals surface area contributed by atoms with Crippen LogP contribution in [0.3, 0.4) is 0 Å². The highest BCUT2D eigenvalue weighted by Gasteiger charge is 2.20. The van der Waals surface area contributed by atoms with Gasteiger partial charge in [0.1, 0.15) is 17.7 Å². The van der Waals surface area contributed by atoms with Crippen LogP contribution in [0.1, 0.15) is 0 Å². The molecule has 0 spiro atoms. The van der Waals surface area contributed by atoms with Crippen molar-refractivity contribution in [1.82, 2.24) is 9.97 Å². The van der Waals surface area contributed by atoms with Crippen LogP contribution >= 0.6 is 0 Å². The van der Waals surface area contributed by atoms with Gasteiger partial charge in [-0.05, 0) is 18.2 Å². The van der Waals surface area contributed by atoms with Crippen molar-refractivity contribution < 1.29 is 23.0 Å². The van der Waals surface area contributed by atoms with Crippen molar-refractivity contribution in [2.24, 2.45) is 0 Å². The summed E-state index contributed by atoms with van der Waals surface area (Å²) in [6.07, 6.45) is 1.29. The Morgan fingerprint density at radius 2 is 1.72 bits per heavy atom. The van der Waals surface area contributed by atoms with E-state index in [2.05, 4.69) is 15.3 Å². The number of anilines is 2. The summed E-state index contributed by atoms with van der Waals surface area (Å²) in [5.41, 5.74) is 0.392. The molecular formula is C17H15F2N3O3. The van der Waals surface area contributed by atoms with Crippen molar-refractivity contribution in [3.63, 3.8) is 0 Å². The molecule has 3 rings (SSSR count). The Morgan fingerprint density at radius 3 is 2.40 bits per heavy atom.